The van der Waals surface area contributed by atoms with Crippen molar-refractivity contribution in [3.8, 4) is 5.75 Å². The molecular formula is C15H17ClN2O. The van der Waals surface area contributed by atoms with E-state index < -0.39 is 0 Å². The molecule has 4 heteroatoms. The van der Waals surface area contributed by atoms with Gasteiger partial charge in [0.15, 0.2) is 0 Å². The Bertz CT molecular complexity index is 606. The molecule has 0 bridgehead atoms. The van der Waals surface area contributed by atoms with Gasteiger partial charge in [0.2, 0.25) is 0 Å². The molecule has 2 aromatic rings. The van der Waals surface area contributed by atoms with Gasteiger partial charge in [0, 0.05) is 22.7 Å². The molecule has 0 saturated heterocycles. The molecule has 1 aromatic heterocycles. The smallest absolute Gasteiger partial charge is 0.122 e. The first-order valence-electron chi connectivity index (χ1n) is 6.51. The number of aromatic nitrogens is 2. The fourth-order valence-corrected chi connectivity index (χ4v) is 3.08. The van der Waals surface area contributed by atoms with Gasteiger partial charge in [-0.2, -0.15) is 5.10 Å². The van der Waals surface area contributed by atoms with Gasteiger partial charge in [-0.15, -0.1) is 11.6 Å². The summed E-state index contributed by atoms with van der Waals surface area (Å²) in [4.78, 5) is 0. The van der Waals surface area contributed by atoms with Crippen LogP contribution in [0, 0.1) is 13.8 Å². The normalized spacial score (nSPS) is 17.3. The molecule has 1 aliphatic rings. The molecule has 2 heterocycles. The van der Waals surface area contributed by atoms with Crippen molar-refractivity contribution in [1.29, 1.82) is 0 Å². The number of halogens is 1. The molecule has 1 atom stereocenters. The van der Waals surface area contributed by atoms with Gasteiger partial charge in [0.25, 0.3) is 0 Å². The second-order valence-corrected chi connectivity index (χ2v) is 5.28. The average Bonchev–Trinajstić information content (AvgIpc) is 2.93. The second-order valence-electron chi connectivity index (χ2n) is 5.01. The summed E-state index contributed by atoms with van der Waals surface area (Å²) in [5, 5.41) is 4.59. The molecule has 1 aliphatic heterocycles. The topological polar surface area (TPSA) is 27.1 Å². The Morgan fingerprint density at radius 2 is 2.16 bits per heavy atom. The van der Waals surface area contributed by atoms with Gasteiger partial charge >= 0.3 is 0 Å². The molecule has 19 heavy (non-hydrogen) atoms. The van der Waals surface area contributed by atoms with Gasteiger partial charge in [-0.3, -0.25) is 4.68 Å². The maximum absolute atomic E-state index is 5.97. The van der Waals surface area contributed by atoms with E-state index in [0.29, 0.717) is 11.8 Å². The highest BCUT2D eigenvalue weighted by Gasteiger charge is 2.25. The summed E-state index contributed by atoms with van der Waals surface area (Å²) >= 11 is 5.97. The third-order valence-corrected chi connectivity index (χ3v) is 4.12. The van der Waals surface area contributed by atoms with E-state index in [-0.39, 0.29) is 0 Å². The molecule has 100 valence electrons. The lowest BCUT2D eigenvalue weighted by Gasteiger charge is -2.11. The maximum Gasteiger partial charge on any atom is 0.122 e. The lowest BCUT2D eigenvalue weighted by molar-refractivity contribution is 0.314. The molecular weight excluding hydrogens is 260 g/mol. The number of hydrogen-bond donors (Lipinski definition) is 0. The minimum atomic E-state index is 0.373. The molecule has 0 saturated carbocycles. The number of benzene rings is 1. The van der Waals surface area contributed by atoms with Crippen LogP contribution in [0.15, 0.2) is 24.3 Å². The Morgan fingerprint density at radius 3 is 2.89 bits per heavy atom. The molecule has 3 nitrogen and oxygen atoms in total. The van der Waals surface area contributed by atoms with E-state index in [1.807, 2.05) is 19.1 Å². The van der Waals surface area contributed by atoms with E-state index >= 15 is 0 Å². The summed E-state index contributed by atoms with van der Waals surface area (Å²) < 4.78 is 7.78. The summed E-state index contributed by atoms with van der Waals surface area (Å²) in [6.45, 7) is 5.67. The molecule has 0 amide bonds. The third-order valence-electron chi connectivity index (χ3n) is 3.86. The molecule has 0 aliphatic carbocycles. The van der Waals surface area contributed by atoms with Gasteiger partial charge in [-0.05, 0) is 19.9 Å². The lowest BCUT2D eigenvalue weighted by Crippen LogP contribution is -2.13. The average molecular weight is 277 g/mol. The number of hydrogen-bond acceptors (Lipinski definition) is 2. The van der Waals surface area contributed by atoms with E-state index in [2.05, 4.69) is 28.8 Å². The lowest BCUT2D eigenvalue weighted by atomic mass is 10.0. The van der Waals surface area contributed by atoms with Crippen LogP contribution in [-0.2, 0) is 12.4 Å². The molecule has 3 rings (SSSR count). The fraction of sp³-hybridized carbons (Fsp3) is 0.400. The van der Waals surface area contributed by atoms with Crippen molar-refractivity contribution in [3.05, 3.63) is 46.8 Å². The van der Waals surface area contributed by atoms with Crippen molar-refractivity contribution in [1.82, 2.24) is 9.78 Å². The van der Waals surface area contributed by atoms with Crippen molar-refractivity contribution in [2.45, 2.75) is 32.2 Å². The molecule has 0 spiro atoms. The summed E-state index contributed by atoms with van der Waals surface area (Å²) in [7, 11) is 0. The summed E-state index contributed by atoms with van der Waals surface area (Å²) in [5.74, 6) is 1.90. The third kappa shape index (κ3) is 2.12. The molecule has 0 radical (unpaired) electrons. The van der Waals surface area contributed by atoms with Crippen LogP contribution in [-0.4, -0.2) is 16.4 Å². The summed E-state index contributed by atoms with van der Waals surface area (Å²) in [6, 6.07) is 8.24. The first kappa shape index (κ1) is 12.5. The van der Waals surface area contributed by atoms with Crippen LogP contribution in [0.1, 0.15) is 28.4 Å². The van der Waals surface area contributed by atoms with Crippen molar-refractivity contribution in [3.63, 3.8) is 0 Å². The van der Waals surface area contributed by atoms with Crippen LogP contribution < -0.4 is 4.74 Å². The van der Waals surface area contributed by atoms with Crippen molar-refractivity contribution in [2.24, 2.45) is 0 Å². The molecule has 0 N–H and O–H groups in total. The van der Waals surface area contributed by atoms with E-state index in [1.165, 1.54) is 5.56 Å². The maximum atomic E-state index is 5.97. The van der Waals surface area contributed by atoms with Crippen LogP contribution in [0.3, 0.4) is 0 Å². The summed E-state index contributed by atoms with van der Waals surface area (Å²) in [5.41, 5.74) is 4.62. The monoisotopic (exact) mass is 276 g/mol. The Kier molecular flexibility index (Phi) is 3.23. The minimum Gasteiger partial charge on any atom is -0.493 e. The van der Waals surface area contributed by atoms with E-state index in [1.54, 1.807) is 0 Å². The van der Waals surface area contributed by atoms with Gasteiger partial charge in [-0.1, -0.05) is 18.2 Å². The van der Waals surface area contributed by atoms with Gasteiger partial charge in [0.1, 0.15) is 5.75 Å². The van der Waals surface area contributed by atoms with Crippen LogP contribution in [0.4, 0.5) is 0 Å². The van der Waals surface area contributed by atoms with Crippen molar-refractivity contribution < 1.29 is 4.74 Å². The highest BCUT2D eigenvalue weighted by atomic mass is 35.5. The number of ether oxygens (including phenoxy) is 1. The quantitative estimate of drug-likeness (QED) is 0.803. The van der Waals surface area contributed by atoms with Crippen LogP contribution in [0.5, 0.6) is 5.75 Å². The van der Waals surface area contributed by atoms with Crippen LogP contribution in [0.2, 0.25) is 0 Å². The van der Waals surface area contributed by atoms with Crippen molar-refractivity contribution in [2.75, 3.05) is 6.61 Å². The highest BCUT2D eigenvalue weighted by Crippen LogP contribution is 2.34. The Labute approximate surface area is 118 Å². The Morgan fingerprint density at radius 1 is 1.37 bits per heavy atom. The Hall–Kier alpha value is -1.48. The first-order valence-corrected chi connectivity index (χ1v) is 7.04. The minimum absolute atomic E-state index is 0.373. The zero-order valence-electron chi connectivity index (χ0n) is 11.2. The van der Waals surface area contributed by atoms with Gasteiger partial charge in [-0.25, -0.2) is 0 Å². The predicted molar refractivity (Wildman–Crippen MR) is 75.9 cm³/mol. The standard InChI is InChI=1S/C15H17ClN2O/c1-10-14(7-16)11(2)18(17-10)8-12-9-19-15-6-4-3-5-13(12)15/h3-6,12H,7-9H2,1-2H3. The van der Waals surface area contributed by atoms with Crippen LogP contribution in [0.25, 0.3) is 0 Å². The zero-order chi connectivity index (χ0) is 13.4. The number of nitrogens with zero attached hydrogens (tertiary/aromatic N) is 2. The number of aryl methyl sites for hydroxylation is 1. The SMILES string of the molecule is Cc1nn(CC2COc3ccccc32)c(C)c1CCl. The van der Waals surface area contributed by atoms with Gasteiger partial charge in [0.05, 0.1) is 24.7 Å². The number of fused-ring (bicyclic) bond motifs is 1. The zero-order valence-corrected chi connectivity index (χ0v) is 11.9. The van der Waals surface area contributed by atoms with Crippen molar-refractivity contribution >= 4 is 11.6 Å². The fourth-order valence-electron chi connectivity index (χ4n) is 2.69. The largest absolute Gasteiger partial charge is 0.493 e. The van der Waals surface area contributed by atoms with E-state index in [4.69, 9.17) is 16.3 Å². The van der Waals surface area contributed by atoms with Crippen LogP contribution >= 0.6 is 11.6 Å². The molecule has 1 aromatic carbocycles. The summed E-state index contributed by atoms with van der Waals surface area (Å²) in [6.07, 6.45) is 0. The number of para-hydroxylation sites is 1. The first-order chi connectivity index (χ1) is 9.20. The highest BCUT2D eigenvalue weighted by molar-refractivity contribution is 6.17. The van der Waals surface area contributed by atoms with E-state index in [0.717, 1.165) is 35.9 Å². The molecule has 0 fully saturated rings. The predicted octanol–water partition coefficient (Wildman–Crippen LogP) is 3.41. The Balaban J connectivity index is 1.88. The number of rotatable bonds is 3. The van der Waals surface area contributed by atoms with Gasteiger partial charge < -0.3 is 4.74 Å². The van der Waals surface area contributed by atoms with E-state index in [9.17, 15) is 0 Å². The number of alkyl halides is 1. The second kappa shape index (κ2) is 4.89. The molecule has 1 unspecified atom stereocenters.